The predicted molar refractivity (Wildman–Crippen MR) is 71.4 cm³/mol. The van der Waals surface area contributed by atoms with E-state index >= 15 is 0 Å². The summed E-state index contributed by atoms with van der Waals surface area (Å²) < 4.78 is 2.23. The number of tetrazole rings is 1. The quantitative estimate of drug-likeness (QED) is 0.860. The summed E-state index contributed by atoms with van der Waals surface area (Å²) in [6, 6.07) is 3.67. The number of nitrogens with one attached hydrogen (secondary N) is 1. The largest absolute Gasteiger partial charge is 0.369 e. The van der Waals surface area contributed by atoms with E-state index in [1.165, 1.54) is 16.0 Å². The van der Waals surface area contributed by atoms with Gasteiger partial charge in [0, 0.05) is 6.04 Å². The number of hydrogen-bond acceptors (Lipinski definition) is 5. The molecule has 2 aromatic rings. The second kappa shape index (κ2) is 5.79. The first-order valence-corrected chi connectivity index (χ1v) is 6.86. The van der Waals surface area contributed by atoms with E-state index in [0.29, 0.717) is 5.00 Å². The monoisotopic (exact) mass is 281 g/mol. The van der Waals surface area contributed by atoms with Crippen LogP contribution >= 0.6 is 11.3 Å². The average molecular weight is 281 g/mol. The van der Waals surface area contributed by atoms with Crippen LogP contribution in [0.2, 0.25) is 0 Å². The van der Waals surface area contributed by atoms with Gasteiger partial charge in [-0.1, -0.05) is 6.92 Å². The van der Waals surface area contributed by atoms with Crippen LogP contribution in [0.5, 0.6) is 0 Å². The fourth-order valence-electron chi connectivity index (χ4n) is 1.46. The van der Waals surface area contributed by atoms with E-state index < -0.39 is 5.69 Å². The van der Waals surface area contributed by atoms with E-state index in [9.17, 15) is 9.59 Å². The van der Waals surface area contributed by atoms with E-state index in [1.807, 2.05) is 25.3 Å². The zero-order valence-corrected chi connectivity index (χ0v) is 11.6. The maximum absolute atomic E-state index is 12.0. The van der Waals surface area contributed by atoms with Crippen molar-refractivity contribution >= 4 is 17.2 Å². The molecule has 8 heteroatoms. The van der Waals surface area contributed by atoms with Crippen molar-refractivity contribution in [3.05, 3.63) is 28.0 Å². The molecule has 1 amide bonds. The average Bonchev–Trinajstić information content (AvgIpc) is 3.00. The summed E-state index contributed by atoms with van der Waals surface area (Å²) in [5.74, 6) is -0.241. The third kappa shape index (κ3) is 3.08. The van der Waals surface area contributed by atoms with E-state index in [1.54, 1.807) is 6.07 Å². The molecule has 19 heavy (non-hydrogen) atoms. The highest BCUT2D eigenvalue weighted by Gasteiger charge is 2.13. The van der Waals surface area contributed by atoms with Gasteiger partial charge in [0.15, 0.2) is 0 Å². The Bertz CT molecular complexity index is 601. The molecule has 2 aromatic heterocycles. The molecule has 2 rings (SSSR count). The highest BCUT2D eigenvalue weighted by Crippen LogP contribution is 2.10. The molecule has 0 radical (unpaired) electrons. The minimum Gasteiger partial charge on any atom is -0.352 e. The number of rotatable bonds is 5. The Hall–Kier alpha value is -1.96. The number of amides is 1. The summed E-state index contributed by atoms with van der Waals surface area (Å²) >= 11 is 1.38. The van der Waals surface area contributed by atoms with Gasteiger partial charge < -0.3 is 5.32 Å². The van der Waals surface area contributed by atoms with E-state index in [0.717, 1.165) is 11.1 Å². The molecular formula is C11H15N5O2S. The van der Waals surface area contributed by atoms with Gasteiger partial charge in [0.25, 0.3) is 0 Å². The van der Waals surface area contributed by atoms with Crippen molar-refractivity contribution in [2.45, 2.75) is 32.9 Å². The molecule has 1 atom stereocenters. The molecule has 0 saturated heterocycles. The molecular weight excluding hydrogens is 266 g/mol. The van der Waals surface area contributed by atoms with Crippen LogP contribution in [0.25, 0.3) is 5.00 Å². The molecule has 7 nitrogen and oxygen atoms in total. The van der Waals surface area contributed by atoms with E-state index in [4.69, 9.17) is 0 Å². The normalized spacial score (nSPS) is 12.3. The maximum atomic E-state index is 12.0. The lowest BCUT2D eigenvalue weighted by molar-refractivity contribution is -0.122. The summed E-state index contributed by atoms with van der Waals surface area (Å²) in [7, 11) is 0. The summed E-state index contributed by atoms with van der Waals surface area (Å²) in [6.45, 7) is 3.77. The van der Waals surface area contributed by atoms with E-state index in [2.05, 4.69) is 15.7 Å². The Labute approximate surface area is 113 Å². The Morgan fingerprint density at radius 1 is 1.53 bits per heavy atom. The summed E-state index contributed by atoms with van der Waals surface area (Å²) in [4.78, 5) is 23.7. The molecule has 2 heterocycles. The smallest absolute Gasteiger partial charge is 0.352 e. The minimum absolute atomic E-state index is 0.0792. The van der Waals surface area contributed by atoms with Gasteiger partial charge >= 0.3 is 5.69 Å². The predicted octanol–water partition coefficient (Wildman–Crippen LogP) is 0.405. The topological polar surface area (TPSA) is 81.8 Å². The van der Waals surface area contributed by atoms with Gasteiger partial charge in [-0.05, 0) is 41.3 Å². The number of carbonyl (C=O) groups excluding carboxylic acids is 1. The van der Waals surface area contributed by atoms with Crippen molar-refractivity contribution in [1.82, 2.24) is 25.1 Å². The van der Waals surface area contributed by atoms with Gasteiger partial charge in [0.1, 0.15) is 11.5 Å². The Morgan fingerprint density at radius 2 is 2.32 bits per heavy atom. The summed E-state index contributed by atoms with van der Waals surface area (Å²) in [5, 5.41) is 12.8. The Balaban J connectivity index is 2.11. The third-order valence-electron chi connectivity index (χ3n) is 2.67. The molecule has 0 spiro atoms. The van der Waals surface area contributed by atoms with Gasteiger partial charge in [-0.2, -0.15) is 9.36 Å². The highest BCUT2D eigenvalue weighted by atomic mass is 32.1. The molecule has 0 saturated carbocycles. The second-order valence-corrected chi connectivity index (χ2v) is 5.09. The fourth-order valence-corrected chi connectivity index (χ4v) is 2.13. The van der Waals surface area contributed by atoms with Crippen LogP contribution in [-0.4, -0.2) is 31.7 Å². The van der Waals surface area contributed by atoms with Crippen LogP contribution in [0.3, 0.4) is 0 Å². The molecule has 0 fully saturated rings. The van der Waals surface area contributed by atoms with Crippen molar-refractivity contribution in [3.8, 4) is 5.00 Å². The molecule has 0 bridgehead atoms. The first kappa shape index (κ1) is 13.5. The molecule has 0 aromatic carbocycles. The van der Waals surface area contributed by atoms with Crippen LogP contribution < -0.4 is 11.0 Å². The molecule has 0 aliphatic heterocycles. The Kier molecular flexibility index (Phi) is 4.10. The maximum Gasteiger partial charge on any atom is 0.369 e. The Morgan fingerprint density at radius 3 is 2.95 bits per heavy atom. The first-order chi connectivity index (χ1) is 9.11. The first-order valence-electron chi connectivity index (χ1n) is 5.98. The number of hydrogen-bond donors (Lipinski definition) is 1. The van der Waals surface area contributed by atoms with Crippen molar-refractivity contribution < 1.29 is 4.79 Å². The lowest BCUT2D eigenvalue weighted by atomic mass is 10.2. The van der Waals surface area contributed by atoms with Gasteiger partial charge in [0.2, 0.25) is 5.91 Å². The third-order valence-corrected chi connectivity index (χ3v) is 3.51. The van der Waals surface area contributed by atoms with Crippen molar-refractivity contribution in [2.24, 2.45) is 0 Å². The van der Waals surface area contributed by atoms with Crippen molar-refractivity contribution in [3.63, 3.8) is 0 Å². The van der Waals surface area contributed by atoms with Crippen molar-refractivity contribution in [1.29, 1.82) is 0 Å². The standard InChI is InChI=1S/C11H15N5O2S/c1-3-8(2)12-9(17)7-15-11(18)16(14-13-15)10-5-4-6-19-10/h4-6,8H,3,7H2,1-2H3,(H,12,17). The van der Waals surface area contributed by atoms with Crippen molar-refractivity contribution in [2.75, 3.05) is 0 Å². The fraction of sp³-hybridized carbons (Fsp3) is 0.455. The summed E-state index contributed by atoms with van der Waals surface area (Å²) in [5.41, 5.74) is -0.415. The van der Waals surface area contributed by atoms with Gasteiger partial charge in [-0.15, -0.1) is 11.3 Å². The van der Waals surface area contributed by atoms with Gasteiger partial charge in [-0.25, -0.2) is 4.79 Å². The number of thiophene rings is 1. The highest BCUT2D eigenvalue weighted by molar-refractivity contribution is 7.12. The van der Waals surface area contributed by atoms with Crippen LogP contribution in [-0.2, 0) is 11.3 Å². The second-order valence-electron chi connectivity index (χ2n) is 4.16. The van der Waals surface area contributed by atoms with Gasteiger partial charge in [-0.3, -0.25) is 4.79 Å². The molecule has 1 N–H and O–H groups in total. The lowest BCUT2D eigenvalue weighted by Crippen LogP contribution is -2.37. The molecule has 1 unspecified atom stereocenters. The summed E-state index contributed by atoms with van der Waals surface area (Å²) in [6.07, 6.45) is 0.836. The van der Waals surface area contributed by atoms with E-state index in [-0.39, 0.29) is 18.5 Å². The van der Waals surface area contributed by atoms with Gasteiger partial charge in [0.05, 0.1) is 0 Å². The van der Waals surface area contributed by atoms with Crippen LogP contribution in [0.15, 0.2) is 22.3 Å². The van der Waals surface area contributed by atoms with Crippen LogP contribution in [0.4, 0.5) is 0 Å². The van der Waals surface area contributed by atoms with Crippen LogP contribution in [0.1, 0.15) is 20.3 Å². The zero-order chi connectivity index (χ0) is 13.8. The molecule has 0 aliphatic carbocycles. The molecule has 0 aliphatic rings. The molecule has 102 valence electrons. The van der Waals surface area contributed by atoms with Crippen LogP contribution in [0, 0.1) is 0 Å². The number of nitrogens with zero attached hydrogens (tertiary/aromatic N) is 4. The zero-order valence-electron chi connectivity index (χ0n) is 10.7. The minimum atomic E-state index is -0.415. The number of carbonyl (C=O) groups is 1. The number of aromatic nitrogens is 4. The lowest BCUT2D eigenvalue weighted by Gasteiger charge is -2.10. The SMILES string of the molecule is CCC(C)NC(=O)Cn1nnn(-c2cccs2)c1=O.